The third kappa shape index (κ3) is 1.32. The summed E-state index contributed by atoms with van der Waals surface area (Å²) in [5.74, 6) is 0. The first kappa shape index (κ1) is 8.54. The second-order valence-corrected chi connectivity index (χ2v) is 4.04. The first-order valence-corrected chi connectivity index (χ1v) is 5.33. The first-order chi connectivity index (χ1) is 7.34. The van der Waals surface area contributed by atoms with E-state index in [1.165, 1.54) is 21.2 Å². The number of nitrogen functional groups attached to an aromatic ring is 1. The maximum atomic E-state index is 5.97. The largest absolute Gasteiger partial charge is 0.398 e. The molecule has 0 aliphatic heterocycles. The van der Waals surface area contributed by atoms with E-state index in [1.807, 2.05) is 12.1 Å². The lowest BCUT2D eigenvalue weighted by atomic mass is 10.0. The van der Waals surface area contributed by atoms with Gasteiger partial charge in [0.25, 0.3) is 0 Å². The number of nitrogens with two attached hydrogens (primary N) is 1. The molecule has 2 aromatic rings. The number of hydrogen-bond acceptors (Lipinski definition) is 1. The first-order valence-electron chi connectivity index (χ1n) is 5.33. The van der Waals surface area contributed by atoms with Crippen LogP contribution >= 0.6 is 0 Å². The molecule has 0 spiro atoms. The molecule has 0 saturated carbocycles. The second-order valence-electron chi connectivity index (χ2n) is 4.04. The normalized spacial score (nSPS) is 14.1. The Morgan fingerprint density at radius 2 is 1.67 bits per heavy atom. The highest BCUT2D eigenvalue weighted by Crippen LogP contribution is 2.17. The molecule has 3 rings (SSSR count). The van der Waals surface area contributed by atoms with Gasteiger partial charge in [0.15, 0.2) is 0 Å². The topological polar surface area (TPSA) is 26.0 Å². The van der Waals surface area contributed by atoms with Gasteiger partial charge in [-0.1, -0.05) is 24.3 Å². The monoisotopic (exact) mass is 195 g/mol. The molecule has 0 radical (unpaired) electrons. The van der Waals surface area contributed by atoms with Crippen molar-refractivity contribution in [3.8, 4) is 0 Å². The SMILES string of the molecule is Nc1cccc2cc3c(cc12)=CCCC=3. The molecule has 0 amide bonds. The van der Waals surface area contributed by atoms with Gasteiger partial charge >= 0.3 is 0 Å². The minimum absolute atomic E-state index is 0.870. The third-order valence-electron chi connectivity index (χ3n) is 3.01. The zero-order valence-corrected chi connectivity index (χ0v) is 8.53. The summed E-state index contributed by atoms with van der Waals surface area (Å²) in [5, 5.41) is 5.08. The Morgan fingerprint density at radius 1 is 0.933 bits per heavy atom. The molecule has 0 bridgehead atoms. The maximum absolute atomic E-state index is 5.97. The molecule has 0 fully saturated rings. The Balaban J connectivity index is 2.52. The van der Waals surface area contributed by atoms with Crippen LogP contribution in [-0.2, 0) is 0 Å². The average Bonchev–Trinajstić information content (AvgIpc) is 2.27. The van der Waals surface area contributed by atoms with Crippen molar-refractivity contribution in [2.45, 2.75) is 12.8 Å². The molecule has 0 saturated heterocycles. The molecule has 1 nitrogen and oxygen atoms in total. The lowest BCUT2D eigenvalue weighted by Crippen LogP contribution is -2.26. The van der Waals surface area contributed by atoms with Crippen molar-refractivity contribution in [3.05, 3.63) is 40.8 Å². The average molecular weight is 195 g/mol. The fourth-order valence-electron chi connectivity index (χ4n) is 2.22. The van der Waals surface area contributed by atoms with Crippen molar-refractivity contribution in [3.63, 3.8) is 0 Å². The fraction of sp³-hybridized carbons (Fsp3) is 0.143. The van der Waals surface area contributed by atoms with E-state index in [0.717, 1.165) is 18.5 Å². The van der Waals surface area contributed by atoms with Crippen LogP contribution in [-0.4, -0.2) is 0 Å². The van der Waals surface area contributed by atoms with Crippen molar-refractivity contribution >= 4 is 28.6 Å². The molecular weight excluding hydrogens is 182 g/mol. The van der Waals surface area contributed by atoms with Crippen LogP contribution in [0.1, 0.15) is 12.8 Å². The van der Waals surface area contributed by atoms with E-state index in [-0.39, 0.29) is 0 Å². The Kier molecular flexibility index (Phi) is 1.78. The third-order valence-corrected chi connectivity index (χ3v) is 3.01. The Morgan fingerprint density at radius 3 is 2.47 bits per heavy atom. The molecular formula is C14H13N. The predicted molar refractivity (Wildman–Crippen MR) is 65.8 cm³/mol. The summed E-state index contributed by atoms with van der Waals surface area (Å²) in [6.07, 6.45) is 6.89. The smallest absolute Gasteiger partial charge is 0.0393 e. The van der Waals surface area contributed by atoms with E-state index >= 15 is 0 Å². The van der Waals surface area contributed by atoms with E-state index in [4.69, 9.17) is 5.73 Å². The summed E-state index contributed by atoms with van der Waals surface area (Å²) < 4.78 is 0. The van der Waals surface area contributed by atoms with Crippen molar-refractivity contribution in [1.82, 2.24) is 0 Å². The summed E-state index contributed by atoms with van der Waals surface area (Å²) in [5.41, 5.74) is 6.83. The van der Waals surface area contributed by atoms with E-state index in [2.05, 4.69) is 30.4 Å². The van der Waals surface area contributed by atoms with Crippen LogP contribution in [0.15, 0.2) is 30.3 Å². The zero-order chi connectivity index (χ0) is 10.3. The summed E-state index contributed by atoms with van der Waals surface area (Å²) in [6.45, 7) is 0. The fourth-order valence-corrected chi connectivity index (χ4v) is 2.22. The minimum atomic E-state index is 0.870. The number of benzene rings is 2. The highest BCUT2D eigenvalue weighted by Gasteiger charge is 1.99. The van der Waals surface area contributed by atoms with Gasteiger partial charge in [-0.25, -0.2) is 0 Å². The Hall–Kier alpha value is -1.76. The van der Waals surface area contributed by atoms with Crippen molar-refractivity contribution in [2.75, 3.05) is 5.73 Å². The molecule has 74 valence electrons. The van der Waals surface area contributed by atoms with Crippen LogP contribution in [0, 0.1) is 0 Å². The number of hydrogen-bond donors (Lipinski definition) is 1. The van der Waals surface area contributed by atoms with Gasteiger partial charge in [0.05, 0.1) is 0 Å². The molecule has 0 aromatic heterocycles. The van der Waals surface area contributed by atoms with Crippen LogP contribution in [0.5, 0.6) is 0 Å². The van der Waals surface area contributed by atoms with Crippen LogP contribution in [0.3, 0.4) is 0 Å². The lowest BCUT2D eigenvalue weighted by molar-refractivity contribution is 1.12. The van der Waals surface area contributed by atoms with Gasteiger partial charge in [0.1, 0.15) is 0 Å². The molecule has 2 aromatic carbocycles. The van der Waals surface area contributed by atoms with Gasteiger partial charge in [-0.15, -0.1) is 0 Å². The van der Waals surface area contributed by atoms with Gasteiger partial charge in [0.2, 0.25) is 0 Å². The standard InChI is InChI=1S/C14H13N/c15-14-7-3-6-12-8-10-4-1-2-5-11(10)9-13(12)14/h3-9H,1-2,15H2. The van der Waals surface area contributed by atoms with Gasteiger partial charge in [-0.05, 0) is 46.9 Å². The van der Waals surface area contributed by atoms with E-state index in [0.29, 0.717) is 0 Å². The van der Waals surface area contributed by atoms with Crippen molar-refractivity contribution in [2.24, 2.45) is 0 Å². The van der Waals surface area contributed by atoms with E-state index in [9.17, 15) is 0 Å². The van der Waals surface area contributed by atoms with Crippen LogP contribution in [0.4, 0.5) is 5.69 Å². The van der Waals surface area contributed by atoms with Gasteiger partial charge in [-0.3, -0.25) is 0 Å². The molecule has 1 heteroatoms. The number of anilines is 1. The van der Waals surface area contributed by atoms with Crippen LogP contribution < -0.4 is 16.2 Å². The molecule has 2 N–H and O–H groups in total. The van der Waals surface area contributed by atoms with E-state index < -0.39 is 0 Å². The summed E-state index contributed by atoms with van der Waals surface area (Å²) >= 11 is 0. The minimum Gasteiger partial charge on any atom is -0.398 e. The maximum Gasteiger partial charge on any atom is 0.0393 e. The summed E-state index contributed by atoms with van der Waals surface area (Å²) in [6, 6.07) is 10.5. The number of fused-ring (bicyclic) bond motifs is 2. The second kappa shape index (κ2) is 3.13. The lowest BCUT2D eigenvalue weighted by Gasteiger charge is -2.05. The molecule has 0 heterocycles. The Labute approximate surface area is 88.5 Å². The predicted octanol–water partition coefficient (Wildman–Crippen LogP) is 1.78. The van der Waals surface area contributed by atoms with Crippen LogP contribution in [0.2, 0.25) is 0 Å². The van der Waals surface area contributed by atoms with Crippen molar-refractivity contribution in [1.29, 1.82) is 0 Å². The molecule has 0 unspecified atom stereocenters. The van der Waals surface area contributed by atoms with E-state index in [1.54, 1.807) is 0 Å². The summed E-state index contributed by atoms with van der Waals surface area (Å²) in [4.78, 5) is 0. The van der Waals surface area contributed by atoms with Crippen LogP contribution in [0.25, 0.3) is 22.9 Å². The van der Waals surface area contributed by atoms with Crippen molar-refractivity contribution < 1.29 is 0 Å². The molecule has 1 aliphatic carbocycles. The molecule has 1 aliphatic rings. The molecule has 15 heavy (non-hydrogen) atoms. The van der Waals surface area contributed by atoms with Gasteiger partial charge in [-0.2, -0.15) is 0 Å². The highest BCUT2D eigenvalue weighted by atomic mass is 14.5. The summed E-state index contributed by atoms with van der Waals surface area (Å²) in [7, 11) is 0. The van der Waals surface area contributed by atoms with Gasteiger partial charge < -0.3 is 5.73 Å². The van der Waals surface area contributed by atoms with Gasteiger partial charge in [0, 0.05) is 11.1 Å². The number of rotatable bonds is 0. The molecule has 0 atom stereocenters. The quantitative estimate of drug-likeness (QED) is 0.637. The highest BCUT2D eigenvalue weighted by molar-refractivity contribution is 5.93. The Bertz CT molecular complexity index is 638. The zero-order valence-electron chi connectivity index (χ0n) is 8.53.